The SMILES string of the molecule is Cc1cc(OP(N)(N)=O)cc(=O)o1. The Kier molecular flexibility index (Phi) is 2.56. The lowest BCUT2D eigenvalue weighted by Crippen LogP contribution is -2.11. The predicted octanol–water partition coefficient (Wildman–Crippen LogP) is 0.353. The van der Waals surface area contributed by atoms with E-state index in [0.29, 0.717) is 5.76 Å². The summed E-state index contributed by atoms with van der Waals surface area (Å²) in [6.07, 6.45) is 0. The zero-order valence-electron chi connectivity index (χ0n) is 6.89. The summed E-state index contributed by atoms with van der Waals surface area (Å²) >= 11 is 0. The molecule has 6 nitrogen and oxygen atoms in total. The lowest BCUT2D eigenvalue weighted by atomic mass is 10.4. The van der Waals surface area contributed by atoms with Crippen molar-refractivity contribution in [2.45, 2.75) is 6.92 Å². The van der Waals surface area contributed by atoms with Crippen molar-refractivity contribution in [1.82, 2.24) is 0 Å². The first-order valence-electron chi connectivity index (χ1n) is 3.35. The van der Waals surface area contributed by atoms with Crippen LogP contribution in [0, 0.1) is 6.92 Å². The van der Waals surface area contributed by atoms with Crippen LogP contribution in [0.2, 0.25) is 0 Å². The van der Waals surface area contributed by atoms with Gasteiger partial charge in [0, 0.05) is 6.07 Å². The van der Waals surface area contributed by atoms with Gasteiger partial charge in [0.15, 0.2) is 0 Å². The van der Waals surface area contributed by atoms with Crippen molar-refractivity contribution in [2.75, 3.05) is 0 Å². The van der Waals surface area contributed by atoms with E-state index in [1.165, 1.54) is 6.07 Å². The van der Waals surface area contributed by atoms with Gasteiger partial charge in [-0.1, -0.05) is 0 Å². The van der Waals surface area contributed by atoms with Crippen molar-refractivity contribution < 1.29 is 13.5 Å². The second-order valence-corrected chi connectivity index (χ2v) is 3.93. The molecule has 72 valence electrons. The third kappa shape index (κ3) is 3.42. The Labute approximate surface area is 74.0 Å². The lowest BCUT2D eigenvalue weighted by molar-refractivity contribution is 0.452. The molecule has 0 saturated heterocycles. The summed E-state index contributed by atoms with van der Waals surface area (Å²) in [4.78, 5) is 10.8. The summed E-state index contributed by atoms with van der Waals surface area (Å²) < 4.78 is 20.0. The third-order valence-electron chi connectivity index (χ3n) is 1.12. The number of nitrogens with two attached hydrogens (primary N) is 2. The summed E-state index contributed by atoms with van der Waals surface area (Å²) in [6.45, 7) is 1.55. The van der Waals surface area contributed by atoms with Gasteiger partial charge in [0.05, 0.1) is 6.07 Å². The van der Waals surface area contributed by atoms with Crippen LogP contribution < -0.4 is 21.2 Å². The van der Waals surface area contributed by atoms with Crippen LogP contribution >= 0.6 is 7.67 Å². The van der Waals surface area contributed by atoms with Gasteiger partial charge in [-0.25, -0.2) is 20.4 Å². The molecule has 1 aromatic rings. The molecule has 1 heterocycles. The van der Waals surface area contributed by atoms with E-state index in [1.807, 2.05) is 0 Å². The minimum absolute atomic E-state index is 0.0436. The van der Waals surface area contributed by atoms with E-state index >= 15 is 0 Å². The normalized spacial score (nSPS) is 11.3. The van der Waals surface area contributed by atoms with Crippen LogP contribution in [-0.2, 0) is 4.57 Å². The Morgan fingerprint density at radius 1 is 1.46 bits per heavy atom. The van der Waals surface area contributed by atoms with E-state index in [0.717, 1.165) is 6.07 Å². The number of rotatable bonds is 2. The molecule has 13 heavy (non-hydrogen) atoms. The fourth-order valence-electron chi connectivity index (χ4n) is 0.793. The van der Waals surface area contributed by atoms with Crippen LogP contribution in [0.15, 0.2) is 21.3 Å². The number of aryl methyl sites for hydroxylation is 1. The highest BCUT2D eigenvalue weighted by atomic mass is 31.2. The number of hydrogen-bond donors (Lipinski definition) is 2. The molecule has 0 radical (unpaired) electrons. The van der Waals surface area contributed by atoms with Crippen molar-refractivity contribution in [3.63, 3.8) is 0 Å². The zero-order chi connectivity index (χ0) is 10.1. The van der Waals surface area contributed by atoms with Gasteiger partial charge < -0.3 is 8.94 Å². The Hall–Kier alpha value is -1.10. The molecule has 0 fully saturated rings. The quantitative estimate of drug-likeness (QED) is 0.673. The minimum Gasteiger partial charge on any atom is -0.428 e. The van der Waals surface area contributed by atoms with Gasteiger partial charge in [-0.15, -0.1) is 0 Å². The standard InChI is InChI=1S/C6H9N2O4P/c1-4-2-5(3-6(9)11-4)12-13(7,8)10/h2-3H,1H3,(H4,7,8,10). The fourth-order valence-corrected chi connectivity index (χ4v) is 1.23. The van der Waals surface area contributed by atoms with Crippen LogP contribution in [0.4, 0.5) is 0 Å². The highest BCUT2D eigenvalue weighted by Gasteiger charge is 2.11. The minimum atomic E-state index is -3.61. The van der Waals surface area contributed by atoms with Gasteiger partial charge in [0.1, 0.15) is 11.5 Å². The average molecular weight is 204 g/mol. The molecule has 0 aromatic carbocycles. The molecule has 1 rings (SSSR count). The Bertz CT molecular complexity index is 407. The molecule has 7 heteroatoms. The van der Waals surface area contributed by atoms with E-state index in [9.17, 15) is 9.36 Å². The monoisotopic (exact) mass is 204 g/mol. The first-order valence-corrected chi connectivity index (χ1v) is 5.12. The predicted molar refractivity (Wildman–Crippen MR) is 46.3 cm³/mol. The van der Waals surface area contributed by atoms with Crippen LogP contribution in [0.1, 0.15) is 5.76 Å². The second-order valence-electron chi connectivity index (χ2n) is 2.46. The third-order valence-corrected chi connectivity index (χ3v) is 1.61. The van der Waals surface area contributed by atoms with Gasteiger partial charge in [-0.2, -0.15) is 0 Å². The molecule has 0 aliphatic heterocycles. The maximum absolute atomic E-state index is 10.8. The average Bonchev–Trinajstić information content (AvgIpc) is 1.78. The van der Waals surface area contributed by atoms with Crippen molar-refractivity contribution >= 4 is 7.67 Å². The van der Waals surface area contributed by atoms with Crippen LogP contribution in [0.5, 0.6) is 5.75 Å². The molecule has 0 aliphatic carbocycles. The fraction of sp³-hybridized carbons (Fsp3) is 0.167. The van der Waals surface area contributed by atoms with Crippen LogP contribution in [0.25, 0.3) is 0 Å². The largest absolute Gasteiger partial charge is 0.428 e. The molecule has 0 bridgehead atoms. The van der Waals surface area contributed by atoms with Gasteiger partial charge in [0.25, 0.3) is 0 Å². The van der Waals surface area contributed by atoms with Crippen LogP contribution in [-0.4, -0.2) is 0 Å². The molecule has 0 atom stereocenters. The maximum Gasteiger partial charge on any atom is 0.385 e. The highest BCUT2D eigenvalue weighted by Crippen LogP contribution is 2.29. The van der Waals surface area contributed by atoms with Gasteiger partial charge >= 0.3 is 13.3 Å². The topological polar surface area (TPSA) is 109 Å². The number of hydrogen-bond acceptors (Lipinski definition) is 4. The van der Waals surface area contributed by atoms with E-state index in [2.05, 4.69) is 8.94 Å². The summed E-state index contributed by atoms with van der Waals surface area (Å²) in [5.41, 5.74) is 9.28. The summed E-state index contributed by atoms with van der Waals surface area (Å²) in [6, 6.07) is 2.38. The highest BCUT2D eigenvalue weighted by molar-refractivity contribution is 7.54. The van der Waals surface area contributed by atoms with Crippen LogP contribution in [0.3, 0.4) is 0 Å². The molecule has 0 unspecified atom stereocenters. The second kappa shape index (κ2) is 3.33. The summed E-state index contributed by atoms with van der Waals surface area (Å²) in [5, 5.41) is 0. The zero-order valence-corrected chi connectivity index (χ0v) is 7.78. The molecular weight excluding hydrogens is 195 g/mol. The molecule has 1 aromatic heterocycles. The van der Waals surface area contributed by atoms with Gasteiger partial charge in [-0.05, 0) is 6.92 Å². The summed E-state index contributed by atoms with van der Waals surface area (Å²) in [5.74, 6) is 0.373. The molecule has 0 spiro atoms. The van der Waals surface area contributed by atoms with E-state index in [1.54, 1.807) is 6.92 Å². The van der Waals surface area contributed by atoms with Crippen molar-refractivity contribution in [1.29, 1.82) is 0 Å². The molecule has 4 N–H and O–H groups in total. The Morgan fingerprint density at radius 2 is 2.08 bits per heavy atom. The van der Waals surface area contributed by atoms with Gasteiger partial charge in [-0.3, -0.25) is 0 Å². The molecule has 0 aliphatic rings. The molecule has 0 saturated carbocycles. The smallest absolute Gasteiger partial charge is 0.385 e. The summed E-state index contributed by atoms with van der Waals surface area (Å²) in [7, 11) is -3.61. The maximum atomic E-state index is 10.8. The van der Waals surface area contributed by atoms with E-state index < -0.39 is 13.3 Å². The van der Waals surface area contributed by atoms with Crippen molar-refractivity contribution in [3.05, 3.63) is 28.3 Å². The van der Waals surface area contributed by atoms with Crippen molar-refractivity contribution in [2.24, 2.45) is 11.0 Å². The van der Waals surface area contributed by atoms with E-state index in [-0.39, 0.29) is 5.75 Å². The van der Waals surface area contributed by atoms with Crippen molar-refractivity contribution in [3.8, 4) is 5.75 Å². The Morgan fingerprint density at radius 3 is 2.54 bits per heavy atom. The van der Waals surface area contributed by atoms with Gasteiger partial charge in [0.2, 0.25) is 0 Å². The lowest BCUT2D eigenvalue weighted by Gasteiger charge is -2.08. The molecule has 0 amide bonds. The van der Waals surface area contributed by atoms with E-state index in [4.69, 9.17) is 11.0 Å². The molecular formula is C6H9N2O4P. The first-order chi connectivity index (χ1) is 5.87. The Balaban J connectivity index is 3.03. The first kappa shape index (κ1) is 9.98.